The summed E-state index contributed by atoms with van der Waals surface area (Å²) in [5.74, 6) is 1.68. The predicted molar refractivity (Wildman–Crippen MR) is 138 cm³/mol. The molecule has 5 rings (SSSR count). The molecule has 1 fully saturated rings. The van der Waals surface area contributed by atoms with E-state index in [2.05, 4.69) is 44.5 Å². The molecule has 7 nitrogen and oxygen atoms in total. The third kappa shape index (κ3) is 4.79. The van der Waals surface area contributed by atoms with E-state index in [-0.39, 0.29) is 0 Å². The van der Waals surface area contributed by atoms with Crippen molar-refractivity contribution in [3.05, 3.63) is 59.8 Å². The summed E-state index contributed by atoms with van der Waals surface area (Å²) >= 11 is 6.11. The Labute approximate surface area is 198 Å². The van der Waals surface area contributed by atoms with Crippen LogP contribution in [0.3, 0.4) is 0 Å². The number of hydrogen-bond donors (Lipinski definition) is 2. The Kier molecular flexibility index (Phi) is 6.41. The molecule has 0 amide bonds. The van der Waals surface area contributed by atoms with E-state index in [9.17, 15) is 0 Å². The molecule has 8 heteroatoms. The van der Waals surface area contributed by atoms with Gasteiger partial charge in [-0.25, -0.2) is 4.98 Å². The first-order chi connectivity index (χ1) is 16.2. The van der Waals surface area contributed by atoms with E-state index in [0.29, 0.717) is 5.02 Å². The highest BCUT2D eigenvalue weighted by Crippen LogP contribution is 2.25. The number of nitrogens with one attached hydrogen (secondary N) is 2. The molecule has 1 aliphatic heterocycles. The summed E-state index contributed by atoms with van der Waals surface area (Å²) in [7, 11) is 0. The van der Waals surface area contributed by atoms with Crippen LogP contribution in [-0.4, -0.2) is 65.7 Å². The van der Waals surface area contributed by atoms with Gasteiger partial charge in [-0.2, -0.15) is 4.98 Å². The molecule has 2 N–H and O–H groups in total. The van der Waals surface area contributed by atoms with Gasteiger partial charge < -0.3 is 20.4 Å². The molecule has 0 radical (unpaired) electrons. The normalized spacial score (nSPS) is 14.7. The van der Waals surface area contributed by atoms with Gasteiger partial charge in [-0.3, -0.25) is 4.98 Å². The van der Waals surface area contributed by atoms with E-state index in [1.807, 2.05) is 36.4 Å². The molecule has 1 aliphatic rings. The summed E-state index contributed by atoms with van der Waals surface area (Å²) in [5, 5.41) is 9.83. The Morgan fingerprint density at radius 3 is 2.55 bits per heavy atom. The summed E-state index contributed by atoms with van der Waals surface area (Å²) in [4.78, 5) is 18.9. The standard InChI is InChI=1S/C25H28ClN7/c1-2-32-13-15-33(16-14-32)25-30-22-6-4-3-5-20(22)24(31-25)29-12-11-28-21-9-10-27-23-17-18(26)7-8-19(21)23/h3-10,17H,2,11-16H2,1H3,(H,27,28)(H,29,30,31). The molecule has 170 valence electrons. The van der Waals surface area contributed by atoms with Gasteiger partial charge in [0.1, 0.15) is 5.82 Å². The van der Waals surface area contributed by atoms with Gasteiger partial charge in [0.15, 0.2) is 0 Å². The Morgan fingerprint density at radius 1 is 0.879 bits per heavy atom. The summed E-state index contributed by atoms with van der Waals surface area (Å²) in [6.07, 6.45) is 1.80. The SMILES string of the molecule is CCN1CCN(c2nc(NCCNc3ccnc4cc(Cl)ccc34)c3ccccc3n2)CC1. The number of anilines is 3. The minimum atomic E-state index is 0.691. The Hall–Kier alpha value is -3.16. The topological polar surface area (TPSA) is 69.2 Å². The molecular formula is C25H28ClN7. The van der Waals surface area contributed by atoms with Crippen molar-refractivity contribution in [3.8, 4) is 0 Å². The maximum absolute atomic E-state index is 6.11. The zero-order chi connectivity index (χ0) is 22.6. The molecule has 0 saturated carbocycles. The minimum Gasteiger partial charge on any atom is -0.383 e. The maximum Gasteiger partial charge on any atom is 0.227 e. The fourth-order valence-electron chi connectivity index (χ4n) is 4.26. The van der Waals surface area contributed by atoms with Crippen LogP contribution in [0.15, 0.2) is 54.7 Å². The molecule has 1 saturated heterocycles. The fraction of sp³-hybridized carbons (Fsp3) is 0.320. The van der Waals surface area contributed by atoms with Gasteiger partial charge in [0.05, 0.1) is 11.0 Å². The average molecular weight is 462 g/mol. The second-order valence-electron chi connectivity index (χ2n) is 8.18. The molecule has 0 atom stereocenters. The maximum atomic E-state index is 6.11. The van der Waals surface area contributed by atoms with Gasteiger partial charge in [-0.15, -0.1) is 0 Å². The number of benzene rings is 2. The van der Waals surface area contributed by atoms with E-state index >= 15 is 0 Å². The van der Waals surface area contributed by atoms with E-state index < -0.39 is 0 Å². The molecule has 33 heavy (non-hydrogen) atoms. The third-order valence-corrected chi connectivity index (χ3v) is 6.37. The van der Waals surface area contributed by atoms with Gasteiger partial charge in [-0.05, 0) is 42.9 Å². The van der Waals surface area contributed by atoms with Gasteiger partial charge in [0.25, 0.3) is 0 Å². The van der Waals surface area contributed by atoms with Crippen molar-refractivity contribution >= 4 is 50.9 Å². The van der Waals surface area contributed by atoms with Crippen molar-refractivity contribution in [2.45, 2.75) is 6.92 Å². The van der Waals surface area contributed by atoms with E-state index in [0.717, 1.165) is 85.1 Å². The molecule has 0 aliphatic carbocycles. The summed E-state index contributed by atoms with van der Waals surface area (Å²) in [6, 6.07) is 16.0. The highest BCUT2D eigenvalue weighted by Gasteiger charge is 2.19. The van der Waals surface area contributed by atoms with Crippen LogP contribution in [0.2, 0.25) is 5.02 Å². The quantitative estimate of drug-likeness (QED) is 0.393. The molecule has 3 heterocycles. The first-order valence-corrected chi connectivity index (χ1v) is 11.8. The first-order valence-electron chi connectivity index (χ1n) is 11.5. The van der Waals surface area contributed by atoms with E-state index in [1.165, 1.54) is 0 Å². The van der Waals surface area contributed by atoms with Crippen LogP contribution in [0.5, 0.6) is 0 Å². The number of rotatable bonds is 7. The fourth-order valence-corrected chi connectivity index (χ4v) is 4.42. The summed E-state index contributed by atoms with van der Waals surface area (Å²) < 4.78 is 0. The first kappa shape index (κ1) is 21.7. The van der Waals surface area contributed by atoms with Crippen molar-refractivity contribution in [1.29, 1.82) is 0 Å². The predicted octanol–water partition coefficient (Wildman–Crippen LogP) is 4.50. The van der Waals surface area contributed by atoms with Gasteiger partial charge in [-0.1, -0.05) is 30.7 Å². The third-order valence-electron chi connectivity index (χ3n) is 6.13. The Morgan fingerprint density at radius 2 is 1.70 bits per heavy atom. The van der Waals surface area contributed by atoms with Crippen molar-refractivity contribution in [2.75, 3.05) is 61.3 Å². The highest BCUT2D eigenvalue weighted by atomic mass is 35.5. The number of likely N-dealkylation sites (N-methyl/N-ethyl adjacent to an activating group) is 1. The summed E-state index contributed by atoms with van der Waals surface area (Å²) in [6.45, 7) is 8.76. The monoisotopic (exact) mass is 461 g/mol. The largest absolute Gasteiger partial charge is 0.383 e. The number of nitrogens with zero attached hydrogens (tertiary/aromatic N) is 5. The van der Waals surface area contributed by atoms with E-state index in [1.54, 1.807) is 6.20 Å². The molecule has 0 bridgehead atoms. The molecular weight excluding hydrogens is 434 g/mol. The molecule has 0 spiro atoms. The second-order valence-corrected chi connectivity index (χ2v) is 8.62. The zero-order valence-corrected chi connectivity index (χ0v) is 19.5. The molecule has 2 aromatic heterocycles. The van der Waals surface area contributed by atoms with Crippen LogP contribution in [0, 0.1) is 0 Å². The average Bonchev–Trinajstić information content (AvgIpc) is 2.86. The molecule has 4 aromatic rings. The van der Waals surface area contributed by atoms with Crippen molar-refractivity contribution in [2.24, 2.45) is 0 Å². The molecule has 0 unspecified atom stereocenters. The smallest absolute Gasteiger partial charge is 0.227 e. The van der Waals surface area contributed by atoms with Crippen LogP contribution < -0.4 is 15.5 Å². The van der Waals surface area contributed by atoms with Crippen LogP contribution in [0.4, 0.5) is 17.5 Å². The number of piperazine rings is 1. The molecule has 2 aromatic carbocycles. The zero-order valence-electron chi connectivity index (χ0n) is 18.8. The van der Waals surface area contributed by atoms with Gasteiger partial charge in [0.2, 0.25) is 5.95 Å². The number of hydrogen-bond acceptors (Lipinski definition) is 7. The Balaban J connectivity index is 1.30. The second kappa shape index (κ2) is 9.77. The van der Waals surface area contributed by atoms with Crippen molar-refractivity contribution in [3.63, 3.8) is 0 Å². The highest BCUT2D eigenvalue weighted by molar-refractivity contribution is 6.31. The minimum absolute atomic E-state index is 0.691. The van der Waals surface area contributed by atoms with Gasteiger partial charge in [0, 0.05) is 66.9 Å². The van der Waals surface area contributed by atoms with E-state index in [4.69, 9.17) is 21.6 Å². The van der Waals surface area contributed by atoms with Crippen LogP contribution >= 0.6 is 11.6 Å². The lowest BCUT2D eigenvalue weighted by molar-refractivity contribution is 0.270. The van der Waals surface area contributed by atoms with Crippen LogP contribution in [0.1, 0.15) is 6.92 Å². The summed E-state index contributed by atoms with van der Waals surface area (Å²) in [5.41, 5.74) is 2.89. The number of fused-ring (bicyclic) bond motifs is 2. The van der Waals surface area contributed by atoms with Crippen molar-refractivity contribution in [1.82, 2.24) is 19.9 Å². The lowest BCUT2D eigenvalue weighted by Crippen LogP contribution is -2.46. The Bertz CT molecular complexity index is 1250. The number of pyridine rings is 1. The van der Waals surface area contributed by atoms with Crippen molar-refractivity contribution < 1.29 is 0 Å². The number of halogens is 1. The van der Waals surface area contributed by atoms with Gasteiger partial charge >= 0.3 is 0 Å². The lowest BCUT2D eigenvalue weighted by atomic mass is 10.2. The number of para-hydroxylation sites is 1. The number of aromatic nitrogens is 3. The lowest BCUT2D eigenvalue weighted by Gasteiger charge is -2.34. The van der Waals surface area contributed by atoms with Crippen LogP contribution in [0.25, 0.3) is 21.8 Å². The van der Waals surface area contributed by atoms with Crippen LogP contribution in [-0.2, 0) is 0 Å².